The van der Waals surface area contributed by atoms with Gasteiger partial charge < -0.3 is 0 Å². The maximum absolute atomic E-state index is 12.9. The molecule has 5 rings (SSSR count). The summed E-state index contributed by atoms with van der Waals surface area (Å²) in [5, 5.41) is 0. The summed E-state index contributed by atoms with van der Waals surface area (Å²) in [7, 11) is -3.68. The second-order valence-corrected chi connectivity index (χ2v) is 10.5. The van der Waals surface area contributed by atoms with Crippen molar-refractivity contribution >= 4 is 15.7 Å². The van der Waals surface area contributed by atoms with E-state index in [0.717, 1.165) is 27.8 Å². The Morgan fingerprint density at radius 1 is 0.500 bits per heavy atom. The summed E-state index contributed by atoms with van der Waals surface area (Å²) in [5.41, 5.74) is 5.41. The number of nitrogens with one attached hydrogen (secondary N) is 1. The van der Waals surface area contributed by atoms with Crippen LogP contribution in [-0.2, 0) is 15.4 Å². The molecule has 4 heteroatoms. The number of benzene rings is 5. The molecule has 0 aliphatic heterocycles. The van der Waals surface area contributed by atoms with Gasteiger partial charge in [-0.15, -0.1) is 0 Å². The third-order valence-corrected chi connectivity index (χ3v) is 7.92. The standard InChI is InChI=1S/C32H27NO2S/c1-25-17-23-31(24-18-25)36(34,35)33-30-21-19-29(20-22-30)32(26-11-5-2-6-12-26,27-13-7-3-8-14-27)28-15-9-4-10-16-28/h2-24,33H,1H3. The van der Waals surface area contributed by atoms with Crippen LogP contribution in [0.15, 0.2) is 144 Å². The van der Waals surface area contributed by atoms with E-state index < -0.39 is 15.4 Å². The number of rotatable bonds is 7. The summed E-state index contributed by atoms with van der Waals surface area (Å²) < 4.78 is 28.6. The molecule has 1 N–H and O–H groups in total. The molecule has 0 atom stereocenters. The molecule has 0 saturated heterocycles. The molecule has 0 aliphatic rings. The van der Waals surface area contributed by atoms with Gasteiger partial charge in [0.05, 0.1) is 10.3 Å². The quantitative estimate of drug-likeness (QED) is 0.246. The first-order chi connectivity index (χ1) is 17.5. The topological polar surface area (TPSA) is 46.2 Å². The second-order valence-electron chi connectivity index (χ2n) is 8.84. The zero-order chi connectivity index (χ0) is 25.0. The maximum atomic E-state index is 12.9. The highest BCUT2D eigenvalue weighted by Gasteiger charge is 2.38. The highest BCUT2D eigenvalue weighted by molar-refractivity contribution is 7.92. The predicted molar refractivity (Wildman–Crippen MR) is 147 cm³/mol. The molecule has 0 amide bonds. The molecule has 0 aromatic heterocycles. The summed E-state index contributed by atoms with van der Waals surface area (Å²) in [6.45, 7) is 1.93. The molecule has 0 radical (unpaired) electrons. The Labute approximate surface area is 213 Å². The Bertz CT molecular complexity index is 1430. The van der Waals surface area contributed by atoms with Gasteiger partial charge in [0.15, 0.2) is 0 Å². The molecule has 0 fully saturated rings. The fraction of sp³-hybridized carbons (Fsp3) is 0.0625. The number of aryl methyl sites for hydroxylation is 1. The number of hydrogen-bond acceptors (Lipinski definition) is 2. The van der Waals surface area contributed by atoms with Crippen molar-refractivity contribution in [3.05, 3.63) is 167 Å². The second kappa shape index (κ2) is 9.84. The van der Waals surface area contributed by atoms with E-state index in [1.165, 1.54) is 0 Å². The van der Waals surface area contributed by atoms with Crippen LogP contribution in [0.1, 0.15) is 27.8 Å². The van der Waals surface area contributed by atoms with Crippen LogP contribution in [0.25, 0.3) is 0 Å². The summed E-state index contributed by atoms with van der Waals surface area (Å²) in [5.74, 6) is 0. The first-order valence-electron chi connectivity index (χ1n) is 11.9. The van der Waals surface area contributed by atoms with E-state index in [4.69, 9.17) is 0 Å². The first-order valence-corrected chi connectivity index (χ1v) is 13.3. The molecular weight excluding hydrogens is 462 g/mol. The molecule has 0 saturated carbocycles. The summed E-state index contributed by atoms with van der Waals surface area (Å²) in [6.07, 6.45) is 0. The third-order valence-electron chi connectivity index (χ3n) is 6.52. The van der Waals surface area contributed by atoms with Gasteiger partial charge in [-0.25, -0.2) is 8.42 Å². The van der Waals surface area contributed by atoms with E-state index in [0.29, 0.717) is 5.69 Å². The van der Waals surface area contributed by atoms with Gasteiger partial charge in [-0.3, -0.25) is 4.72 Å². The van der Waals surface area contributed by atoms with Crippen LogP contribution in [-0.4, -0.2) is 8.42 Å². The van der Waals surface area contributed by atoms with Crippen molar-refractivity contribution in [1.82, 2.24) is 0 Å². The van der Waals surface area contributed by atoms with Gasteiger partial charge in [-0.2, -0.15) is 0 Å². The van der Waals surface area contributed by atoms with Crippen molar-refractivity contribution in [2.24, 2.45) is 0 Å². The van der Waals surface area contributed by atoms with Crippen molar-refractivity contribution in [2.75, 3.05) is 4.72 Å². The fourth-order valence-electron chi connectivity index (χ4n) is 4.78. The van der Waals surface area contributed by atoms with E-state index in [1.807, 2.05) is 49.4 Å². The highest BCUT2D eigenvalue weighted by atomic mass is 32.2. The lowest BCUT2D eigenvalue weighted by Gasteiger charge is -2.37. The van der Waals surface area contributed by atoms with Gasteiger partial charge in [0.25, 0.3) is 10.0 Å². The van der Waals surface area contributed by atoms with Crippen molar-refractivity contribution in [3.8, 4) is 0 Å². The predicted octanol–water partition coefficient (Wildman–Crippen LogP) is 7.18. The molecule has 0 aliphatic carbocycles. The zero-order valence-electron chi connectivity index (χ0n) is 20.0. The molecule has 5 aromatic rings. The number of anilines is 1. The molecule has 178 valence electrons. The summed E-state index contributed by atoms with van der Waals surface area (Å²) in [6, 6.07) is 45.8. The Morgan fingerprint density at radius 2 is 0.889 bits per heavy atom. The largest absolute Gasteiger partial charge is 0.280 e. The van der Waals surface area contributed by atoms with Gasteiger partial charge in [0.1, 0.15) is 0 Å². The van der Waals surface area contributed by atoms with E-state index >= 15 is 0 Å². The molecule has 0 heterocycles. The van der Waals surface area contributed by atoms with E-state index in [9.17, 15) is 8.42 Å². The molecule has 0 bridgehead atoms. The van der Waals surface area contributed by atoms with Gasteiger partial charge in [-0.1, -0.05) is 121 Å². The molecule has 36 heavy (non-hydrogen) atoms. The van der Waals surface area contributed by atoms with Crippen LogP contribution in [0.2, 0.25) is 0 Å². The Hall–Kier alpha value is -4.15. The average molecular weight is 490 g/mol. The SMILES string of the molecule is Cc1ccc(S(=O)(=O)Nc2ccc(C(c3ccccc3)(c3ccccc3)c3ccccc3)cc2)cc1. The fourth-order valence-corrected chi connectivity index (χ4v) is 5.84. The lowest BCUT2D eigenvalue weighted by molar-refractivity contribution is 0.601. The van der Waals surface area contributed by atoms with Gasteiger partial charge in [0, 0.05) is 5.69 Å². The first kappa shape index (κ1) is 23.6. The molecular formula is C32H27NO2S. The minimum absolute atomic E-state index is 0.240. The Kier molecular flexibility index (Phi) is 6.45. The summed E-state index contributed by atoms with van der Waals surface area (Å²) >= 11 is 0. The van der Waals surface area contributed by atoms with Crippen LogP contribution in [0.5, 0.6) is 0 Å². The smallest absolute Gasteiger partial charge is 0.261 e. The van der Waals surface area contributed by atoms with Crippen molar-refractivity contribution in [3.63, 3.8) is 0 Å². The minimum atomic E-state index is -3.68. The van der Waals surface area contributed by atoms with Gasteiger partial charge in [0.2, 0.25) is 0 Å². The molecule has 0 spiro atoms. The van der Waals surface area contributed by atoms with Crippen LogP contribution in [0.3, 0.4) is 0 Å². The lowest BCUT2D eigenvalue weighted by Crippen LogP contribution is -2.31. The van der Waals surface area contributed by atoms with E-state index in [2.05, 4.69) is 77.5 Å². The van der Waals surface area contributed by atoms with E-state index in [1.54, 1.807) is 24.3 Å². The van der Waals surface area contributed by atoms with Crippen molar-refractivity contribution < 1.29 is 8.42 Å². The normalized spacial score (nSPS) is 11.7. The van der Waals surface area contributed by atoms with Crippen LogP contribution in [0.4, 0.5) is 5.69 Å². The monoisotopic (exact) mass is 489 g/mol. The van der Waals surface area contributed by atoms with Gasteiger partial charge in [-0.05, 0) is 53.4 Å². The van der Waals surface area contributed by atoms with Crippen molar-refractivity contribution in [1.29, 1.82) is 0 Å². The van der Waals surface area contributed by atoms with Gasteiger partial charge >= 0.3 is 0 Å². The van der Waals surface area contributed by atoms with Crippen LogP contribution >= 0.6 is 0 Å². The number of hydrogen-bond donors (Lipinski definition) is 1. The Morgan fingerprint density at radius 3 is 1.31 bits per heavy atom. The maximum Gasteiger partial charge on any atom is 0.261 e. The summed E-state index contributed by atoms with van der Waals surface area (Å²) in [4.78, 5) is 0.240. The zero-order valence-corrected chi connectivity index (χ0v) is 20.8. The van der Waals surface area contributed by atoms with Crippen molar-refractivity contribution in [2.45, 2.75) is 17.2 Å². The molecule has 3 nitrogen and oxygen atoms in total. The Balaban J connectivity index is 1.63. The lowest BCUT2D eigenvalue weighted by atomic mass is 9.65. The number of sulfonamides is 1. The minimum Gasteiger partial charge on any atom is -0.280 e. The van der Waals surface area contributed by atoms with E-state index in [-0.39, 0.29) is 4.90 Å². The molecule has 0 unspecified atom stereocenters. The average Bonchev–Trinajstić information content (AvgIpc) is 2.92. The third kappa shape index (κ3) is 4.43. The molecule has 5 aromatic carbocycles. The highest BCUT2D eigenvalue weighted by Crippen LogP contribution is 2.45. The van der Waals surface area contributed by atoms with Crippen LogP contribution in [0, 0.1) is 6.92 Å². The van der Waals surface area contributed by atoms with Crippen LogP contribution < -0.4 is 4.72 Å².